The van der Waals surface area contributed by atoms with Crippen molar-refractivity contribution in [3.05, 3.63) is 65.5 Å². The first kappa shape index (κ1) is 29.4. The average molecular weight is 572 g/mol. The van der Waals surface area contributed by atoms with Crippen LogP contribution < -0.4 is 15.2 Å². The van der Waals surface area contributed by atoms with Crippen LogP contribution in [0.5, 0.6) is 5.75 Å². The molecule has 0 amide bonds. The quantitative estimate of drug-likeness (QED) is 0.173. The molecule has 0 aliphatic rings. The molecule has 0 aliphatic carbocycles. The van der Waals surface area contributed by atoms with Crippen LogP contribution in [-0.4, -0.2) is 49.8 Å². The fraction of sp³-hybridized carbons (Fsp3) is 0.407. The van der Waals surface area contributed by atoms with Gasteiger partial charge >= 0.3 is 13.7 Å². The molecule has 2 heterocycles. The lowest BCUT2D eigenvalue weighted by Crippen LogP contribution is -2.38. The molecule has 2 aromatic heterocycles. The van der Waals surface area contributed by atoms with E-state index in [4.69, 9.17) is 18.5 Å². The number of hydrogen-bond acceptors (Lipinski definition) is 9. The minimum absolute atomic E-state index is 0.0260. The van der Waals surface area contributed by atoms with Crippen molar-refractivity contribution in [3.8, 4) is 5.75 Å². The smallest absolute Gasteiger partial charge is 0.459 e. The van der Waals surface area contributed by atoms with Gasteiger partial charge in [0.05, 0.1) is 31.0 Å². The predicted octanol–water partition coefficient (Wildman–Crippen LogP) is 4.55. The SMILES string of the molecule is CC[C@H](OCn1cnc2c(=O)[nH]cnc21)C(C)OP(=O)(NC(C)C(=O)OC(C)C)Oc1cccc2ccccc12. The third kappa shape index (κ3) is 6.95. The molecule has 3 unspecified atom stereocenters. The van der Waals surface area contributed by atoms with E-state index in [1.807, 2.05) is 37.3 Å². The van der Waals surface area contributed by atoms with Crippen molar-refractivity contribution in [2.24, 2.45) is 0 Å². The highest BCUT2D eigenvalue weighted by Gasteiger charge is 2.36. The molecule has 2 aromatic carbocycles. The maximum absolute atomic E-state index is 14.2. The second kappa shape index (κ2) is 12.7. The van der Waals surface area contributed by atoms with Gasteiger partial charge in [0, 0.05) is 5.39 Å². The number of hydrogen-bond donors (Lipinski definition) is 2. The number of rotatable bonds is 13. The summed E-state index contributed by atoms with van der Waals surface area (Å²) in [7, 11) is -4.16. The summed E-state index contributed by atoms with van der Waals surface area (Å²) in [4.78, 5) is 35.3. The topological polar surface area (TPSA) is 147 Å². The van der Waals surface area contributed by atoms with Crippen LogP contribution in [0, 0.1) is 0 Å². The third-order valence-electron chi connectivity index (χ3n) is 6.09. The number of H-pyrrole nitrogens is 1. The van der Waals surface area contributed by atoms with Gasteiger partial charge in [-0.15, -0.1) is 0 Å². The summed E-state index contributed by atoms with van der Waals surface area (Å²) in [5.74, 6) is -0.258. The van der Waals surface area contributed by atoms with Crippen LogP contribution in [0.4, 0.5) is 0 Å². The summed E-state index contributed by atoms with van der Waals surface area (Å²) in [5, 5.41) is 4.36. The van der Waals surface area contributed by atoms with Gasteiger partial charge in [-0.3, -0.25) is 18.7 Å². The maximum Gasteiger partial charge on any atom is 0.459 e. The van der Waals surface area contributed by atoms with Gasteiger partial charge < -0.3 is 19.0 Å². The van der Waals surface area contributed by atoms with E-state index in [0.717, 1.165) is 10.8 Å². The summed E-state index contributed by atoms with van der Waals surface area (Å²) in [6.45, 7) is 8.62. The number of carbonyl (C=O) groups excluding carboxylic acids is 1. The Morgan fingerprint density at radius 3 is 2.60 bits per heavy atom. The first-order valence-corrected chi connectivity index (χ1v) is 14.6. The molecule has 0 saturated carbocycles. The van der Waals surface area contributed by atoms with E-state index in [1.165, 1.54) is 19.6 Å². The molecular formula is C27H34N5O7P. The Labute approximate surface area is 231 Å². The Kier molecular flexibility index (Phi) is 9.36. The highest BCUT2D eigenvalue weighted by Crippen LogP contribution is 2.48. The molecule has 0 radical (unpaired) electrons. The molecule has 2 N–H and O–H groups in total. The zero-order valence-electron chi connectivity index (χ0n) is 23.1. The van der Waals surface area contributed by atoms with Crippen LogP contribution in [0.25, 0.3) is 21.9 Å². The second-order valence-corrected chi connectivity index (χ2v) is 11.2. The fourth-order valence-corrected chi connectivity index (χ4v) is 5.87. The number of ether oxygens (including phenoxy) is 2. The average Bonchev–Trinajstić information content (AvgIpc) is 3.33. The molecule has 214 valence electrons. The van der Waals surface area contributed by atoms with E-state index >= 15 is 0 Å². The minimum atomic E-state index is -4.16. The Bertz CT molecular complexity index is 1560. The van der Waals surface area contributed by atoms with Crippen LogP contribution >= 0.6 is 7.75 Å². The third-order valence-corrected chi connectivity index (χ3v) is 7.84. The van der Waals surface area contributed by atoms with E-state index in [0.29, 0.717) is 17.8 Å². The zero-order chi connectivity index (χ0) is 28.9. The van der Waals surface area contributed by atoms with Crippen molar-refractivity contribution in [2.45, 2.75) is 72.1 Å². The highest BCUT2D eigenvalue weighted by atomic mass is 31.2. The summed E-state index contributed by atoms with van der Waals surface area (Å²) in [6.07, 6.45) is 1.63. The highest BCUT2D eigenvalue weighted by molar-refractivity contribution is 7.52. The minimum Gasteiger partial charge on any atom is -0.462 e. The van der Waals surface area contributed by atoms with Gasteiger partial charge in [0.25, 0.3) is 5.56 Å². The number of benzene rings is 2. The van der Waals surface area contributed by atoms with Crippen LogP contribution in [0.1, 0.15) is 41.0 Å². The van der Waals surface area contributed by atoms with Crippen molar-refractivity contribution in [2.75, 3.05) is 0 Å². The van der Waals surface area contributed by atoms with Gasteiger partial charge in [0.2, 0.25) is 0 Å². The normalized spacial score (nSPS) is 15.6. The van der Waals surface area contributed by atoms with Gasteiger partial charge in [0.1, 0.15) is 18.5 Å². The number of nitrogens with one attached hydrogen (secondary N) is 2. The Hall–Kier alpha value is -3.57. The van der Waals surface area contributed by atoms with Crippen LogP contribution in [0.2, 0.25) is 0 Å². The van der Waals surface area contributed by atoms with Crippen molar-refractivity contribution in [3.63, 3.8) is 0 Å². The van der Waals surface area contributed by atoms with E-state index in [2.05, 4.69) is 20.0 Å². The first-order valence-electron chi connectivity index (χ1n) is 13.0. The number of aromatic nitrogens is 4. The fourth-order valence-electron chi connectivity index (χ4n) is 4.14. The lowest BCUT2D eigenvalue weighted by molar-refractivity contribution is -0.149. The molecule has 4 rings (SSSR count). The first-order chi connectivity index (χ1) is 19.1. The standard InChI is InChI=1S/C27H34N5O7P/c1-6-22(36-16-32-15-30-24-25(32)28-14-29-26(24)33)19(5)38-40(35,31-18(4)27(34)37-17(2)3)39-23-13-9-11-20-10-7-8-12-21(20)23/h7-15,17-19,22H,6,16H2,1-5H3,(H,31,35)(H,28,29,33)/t18?,19?,22-,40?/m0/s1. The molecule has 12 nitrogen and oxygen atoms in total. The van der Waals surface area contributed by atoms with E-state index < -0.39 is 32.0 Å². The Morgan fingerprint density at radius 1 is 1.10 bits per heavy atom. The monoisotopic (exact) mass is 571 g/mol. The van der Waals surface area contributed by atoms with E-state index in [9.17, 15) is 14.2 Å². The largest absolute Gasteiger partial charge is 0.462 e. The molecule has 40 heavy (non-hydrogen) atoms. The number of esters is 1. The second-order valence-electron chi connectivity index (χ2n) is 9.57. The molecule has 4 aromatic rings. The van der Waals surface area contributed by atoms with E-state index in [-0.39, 0.29) is 23.9 Å². The van der Waals surface area contributed by atoms with Gasteiger partial charge in [0.15, 0.2) is 11.2 Å². The van der Waals surface area contributed by atoms with Gasteiger partial charge in [-0.05, 0) is 45.6 Å². The maximum atomic E-state index is 14.2. The molecule has 0 fully saturated rings. The summed E-state index contributed by atoms with van der Waals surface area (Å²) >= 11 is 0. The van der Waals surface area contributed by atoms with Crippen molar-refractivity contribution in [1.29, 1.82) is 0 Å². The zero-order valence-corrected chi connectivity index (χ0v) is 24.0. The lowest BCUT2D eigenvalue weighted by atomic mass is 10.1. The van der Waals surface area contributed by atoms with Crippen molar-refractivity contribution in [1.82, 2.24) is 24.6 Å². The molecule has 0 saturated heterocycles. The van der Waals surface area contributed by atoms with Crippen molar-refractivity contribution < 1.29 is 27.9 Å². The van der Waals surface area contributed by atoms with Gasteiger partial charge in [-0.1, -0.05) is 43.3 Å². The van der Waals surface area contributed by atoms with Crippen molar-refractivity contribution >= 4 is 35.7 Å². The lowest BCUT2D eigenvalue weighted by Gasteiger charge is -2.29. The number of nitrogens with zero attached hydrogens (tertiary/aromatic N) is 3. The number of imidazole rings is 1. The predicted molar refractivity (Wildman–Crippen MR) is 150 cm³/mol. The molecule has 4 atom stereocenters. The summed E-state index contributed by atoms with van der Waals surface area (Å²) < 4.78 is 39.2. The molecule has 0 aliphatic heterocycles. The molecular weight excluding hydrogens is 537 g/mol. The summed E-state index contributed by atoms with van der Waals surface area (Å²) in [5.41, 5.74) is 0.217. The molecule has 13 heteroatoms. The molecule has 0 bridgehead atoms. The number of aromatic amines is 1. The Balaban J connectivity index is 1.55. The van der Waals surface area contributed by atoms with Gasteiger partial charge in [-0.2, -0.15) is 5.09 Å². The Morgan fingerprint density at radius 2 is 1.85 bits per heavy atom. The van der Waals surface area contributed by atoms with Crippen LogP contribution in [0.15, 0.2) is 59.9 Å². The van der Waals surface area contributed by atoms with Crippen LogP contribution in [-0.2, 0) is 30.1 Å². The van der Waals surface area contributed by atoms with Gasteiger partial charge in [-0.25, -0.2) is 14.5 Å². The van der Waals surface area contributed by atoms with E-state index in [1.54, 1.807) is 37.5 Å². The number of fused-ring (bicyclic) bond motifs is 2. The van der Waals surface area contributed by atoms with Crippen LogP contribution in [0.3, 0.4) is 0 Å². The number of carbonyl (C=O) groups is 1. The summed E-state index contributed by atoms with van der Waals surface area (Å²) in [6, 6.07) is 11.9. The molecule has 0 spiro atoms.